The molecule has 0 unspecified atom stereocenters. The minimum absolute atomic E-state index is 0. The number of benzene rings is 4. The van der Waals surface area contributed by atoms with Crippen LogP contribution < -0.4 is 14.9 Å². The van der Waals surface area contributed by atoms with Crippen molar-refractivity contribution in [2.24, 2.45) is 0 Å². The van der Waals surface area contributed by atoms with Crippen molar-refractivity contribution in [1.82, 2.24) is 19.9 Å². The predicted octanol–water partition coefficient (Wildman–Crippen LogP) is 15.8. The minimum atomic E-state index is -1.29. The van der Waals surface area contributed by atoms with Crippen LogP contribution in [0.25, 0.3) is 68.6 Å². The molecule has 0 atom stereocenters. The number of fused-ring (bicyclic) bond motifs is 8. The molecule has 432 valence electrons. The van der Waals surface area contributed by atoms with Gasteiger partial charge in [-0.1, -0.05) is 174 Å². The summed E-state index contributed by atoms with van der Waals surface area (Å²) < 4.78 is 5.42. The Hall–Kier alpha value is -8.90. The van der Waals surface area contributed by atoms with Gasteiger partial charge in [0.15, 0.2) is 0 Å². The number of likely N-dealkylation sites (N-methyl/N-ethyl adjacent to an activating group) is 1. The Labute approximate surface area is 517 Å². The van der Waals surface area contributed by atoms with E-state index in [0.29, 0.717) is 74.6 Å². The fourth-order valence-corrected chi connectivity index (χ4v) is 9.99. The predicted molar refractivity (Wildman–Crippen MR) is 345 cm³/mol. The van der Waals surface area contributed by atoms with Gasteiger partial charge < -0.3 is 24.7 Å². The Morgan fingerprint density at radius 1 is 0.605 bits per heavy atom. The molecule has 4 aromatic carbocycles. The van der Waals surface area contributed by atoms with Gasteiger partial charge in [0.1, 0.15) is 12.2 Å². The number of ether oxygens (including phenoxy) is 1. The van der Waals surface area contributed by atoms with E-state index in [0.717, 1.165) is 61.8 Å². The smallest absolute Gasteiger partial charge is 0.656 e. The number of nitro benzene ring substituents is 1. The zero-order chi connectivity index (χ0) is 61.5. The van der Waals surface area contributed by atoms with E-state index >= 15 is 0 Å². The maximum atomic E-state index is 12.5. The molecule has 5 heterocycles. The number of nitrogens with zero attached hydrogens (tertiary/aromatic N) is 6. The monoisotopic (exact) mass is 1190 g/mol. The van der Waals surface area contributed by atoms with Crippen LogP contribution in [-0.4, -0.2) is 51.6 Å². The summed E-state index contributed by atoms with van der Waals surface area (Å²) in [7, 11) is 0. The van der Waals surface area contributed by atoms with E-state index in [2.05, 4.69) is 162 Å². The minimum Gasteiger partial charge on any atom is -0.656 e. The zero-order valence-electron chi connectivity index (χ0n) is 51.8. The third-order valence-electron chi connectivity index (χ3n) is 15.2. The number of hydrogen-bond acceptors (Lipinski definition) is 8. The average Bonchev–Trinajstić information content (AvgIpc) is 1.82. The largest absolute Gasteiger partial charge is 2.00 e. The number of hydrogen-bond donors (Lipinski definition) is 1. The van der Waals surface area contributed by atoms with Crippen molar-refractivity contribution in [3.05, 3.63) is 198 Å². The molecule has 7 aromatic rings. The molecule has 13 heteroatoms. The van der Waals surface area contributed by atoms with Crippen molar-refractivity contribution in [3.63, 3.8) is 0 Å². The summed E-state index contributed by atoms with van der Waals surface area (Å²) in [6.07, 6.45) is 7.83. The van der Waals surface area contributed by atoms with Crippen LogP contribution in [0.2, 0.25) is 0 Å². The summed E-state index contributed by atoms with van der Waals surface area (Å²) in [6.45, 7) is 35.2. The van der Waals surface area contributed by atoms with Gasteiger partial charge in [-0.05, 0) is 141 Å². The van der Waals surface area contributed by atoms with Crippen LogP contribution in [0, 0.1) is 33.8 Å². The first kappa shape index (κ1) is 63.1. The van der Waals surface area contributed by atoms with Gasteiger partial charge in [0, 0.05) is 40.6 Å². The van der Waals surface area contributed by atoms with Crippen LogP contribution in [0.5, 0.6) is 0 Å². The summed E-state index contributed by atoms with van der Waals surface area (Å²) in [4.78, 5) is 59.9. The second kappa shape index (κ2) is 24.6. The quantitative estimate of drug-likeness (QED) is 0.0346. The van der Waals surface area contributed by atoms with Crippen molar-refractivity contribution in [3.8, 4) is 45.9 Å². The van der Waals surface area contributed by atoms with Gasteiger partial charge in [-0.2, -0.15) is 0 Å². The number of rotatable bonds is 10. The maximum absolute atomic E-state index is 12.5. The molecule has 0 amide bonds. The van der Waals surface area contributed by atoms with Gasteiger partial charge in [0.25, 0.3) is 5.69 Å². The number of carboxylic acids is 1. The molecule has 3 aromatic heterocycles. The van der Waals surface area contributed by atoms with Crippen molar-refractivity contribution in [2.75, 3.05) is 24.6 Å². The number of anilines is 1. The Morgan fingerprint density at radius 2 is 1.03 bits per heavy atom. The molecule has 1 N–H and O–H groups in total. The average molecular weight is 1190 g/mol. The van der Waals surface area contributed by atoms with E-state index in [9.17, 15) is 24.8 Å². The Balaban J connectivity index is 0.00000961. The molecule has 8 bridgehead atoms. The fourth-order valence-electron chi connectivity index (χ4n) is 9.99. The van der Waals surface area contributed by atoms with Crippen LogP contribution in [0.15, 0.2) is 115 Å². The van der Waals surface area contributed by atoms with Gasteiger partial charge in [0.2, 0.25) is 0 Å². The summed E-state index contributed by atoms with van der Waals surface area (Å²) in [5.41, 5.74) is 14.1. The summed E-state index contributed by atoms with van der Waals surface area (Å²) in [5.74, 6) is 11.6. The van der Waals surface area contributed by atoms with Crippen molar-refractivity contribution in [1.29, 1.82) is 0 Å². The third kappa shape index (κ3) is 13.9. The molecular weight excluding hydrogens is 1120 g/mol. The topological polar surface area (TPSA) is 164 Å². The van der Waals surface area contributed by atoms with Gasteiger partial charge in [-0.3, -0.25) is 10.1 Å². The molecule has 2 aliphatic heterocycles. The summed E-state index contributed by atoms with van der Waals surface area (Å²) in [5, 5.41) is 22.3. The molecule has 2 aliphatic rings. The maximum Gasteiger partial charge on any atom is 2.00 e. The van der Waals surface area contributed by atoms with E-state index in [-0.39, 0.29) is 58.9 Å². The van der Waals surface area contributed by atoms with E-state index in [1.807, 2.05) is 72.8 Å². The number of carbonyl (C=O) groups excluding carboxylic acids is 1. The first-order chi connectivity index (χ1) is 40.0. The summed E-state index contributed by atoms with van der Waals surface area (Å²) in [6, 6.07) is 32.9. The van der Waals surface area contributed by atoms with Crippen molar-refractivity contribution >= 4 is 69.7 Å². The van der Waals surface area contributed by atoms with Gasteiger partial charge in [-0.15, -0.1) is 22.1 Å². The molecule has 0 saturated heterocycles. The van der Waals surface area contributed by atoms with Crippen LogP contribution in [0.4, 0.5) is 11.4 Å². The molecule has 0 radical (unpaired) electrons. The van der Waals surface area contributed by atoms with Gasteiger partial charge in [0.05, 0.1) is 39.8 Å². The molecule has 12 nitrogen and oxygen atoms in total. The van der Waals surface area contributed by atoms with Gasteiger partial charge >= 0.3 is 31.4 Å². The van der Waals surface area contributed by atoms with E-state index in [1.54, 1.807) is 6.92 Å². The molecule has 0 saturated carbocycles. The molecule has 0 aliphatic carbocycles. The van der Waals surface area contributed by atoms with Crippen LogP contribution in [0.1, 0.15) is 175 Å². The SMILES string of the molecule is C=C(C)C(=O)OCCN(CC)c1ccc(C#Cc2c3nc(c(-c4cc(C(C)(C)C)cc(C(C)(C)C)c4)c4ccc([n-]4)c(C#Cc4ccc(C(=O)O)cc4[N+](=O)[O-])c4nc(c(-c5cc(C(C)(C)C)cc(C(C)(C)C)c5)c5ccc2[n-]5)C=C4)C=C3)cc1.[Zn+2]. The van der Waals surface area contributed by atoms with Crippen molar-refractivity contribution in [2.45, 2.75) is 119 Å². The van der Waals surface area contributed by atoms with Crippen LogP contribution in [-0.2, 0) is 50.7 Å². The molecule has 0 spiro atoms. The Morgan fingerprint density at radius 3 is 1.44 bits per heavy atom. The Bertz CT molecular complexity index is 4120. The zero-order valence-corrected chi connectivity index (χ0v) is 54.8. The standard InChI is InChI=1S/C73H73N6O6.Zn/c1-16-78(35-36-85-69(82)44(2)3)54-23-17-45(18-24-54)19-25-55-57-27-31-61(74-57)66(48-37-50(70(4,5)6)42-51(38-48)71(7,8)9)63-33-29-59(76-63)56(26-22-46-20-21-47(68(80)81)41-65(46)79(83)84)60-30-34-64(77-60)67(62-32-28-58(55)75-62)49-39-52(72(10,11)12)43-53(40-49)73(13,14)15;/h17-18,20-21,23-24,27-34,37-43H,2,16,35-36H2,1,3-15H3,(H2-,74,75,76,77,80,81);/q-1;+2/p-1. The number of aromatic nitrogens is 4. The molecule has 9 rings (SSSR count). The van der Waals surface area contributed by atoms with Crippen molar-refractivity contribution < 1.29 is 43.8 Å². The summed E-state index contributed by atoms with van der Waals surface area (Å²) >= 11 is 0. The number of esters is 1. The van der Waals surface area contributed by atoms with Gasteiger partial charge in [-0.25, -0.2) is 19.6 Å². The normalized spacial score (nSPS) is 12.1. The number of carbonyl (C=O) groups is 2. The van der Waals surface area contributed by atoms with E-state index in [1.165, 1.54) is 12.1 Å². The Kier molecular flexibility index (Phi) is 18.1. The first-order valence-corrected chi connectivity index (χ1v) is 28.6. The van der Waals surface area contributed by atoms with Crippen LogP contribution >= 0.6 is 0 Å². The van der Waals surface area contributed by atoms with Crippen LogP contribution in [0.3, 0.4) is 0 Å². The fraction of sp³-hybridized carbons (Fsp3) is 0.288. The molecular formula is C73H72N6O6Zn. The molecule has 0 fully saturated rings. The van der Waals surface area contributed by atoms with E-state index < -0.39 is 22.5 Å². The number of aromatic carboxylic acids is 1. The second-order valence-electron chi connectivity index (χ2n) is 25.8. The molecule has 86 heavy (non-hydrogen) atoms. The number of carboxylic acid groups (broad SMARTS) is 1. The van der Waals surface area contributed by atoms with E-state index in [4.69, 9.17) is 24.7 Å². The number of nitro groups is 1. The third-order valence-corrected chi connectivity index (χ3v) is 15.2. The first-order valence-electron chi connectivity index (χ1n) is 28.6. The second-order valence-corrected chi connectivity index (χ2v) is 25.8.